The Hall–Kier alpha value is -2.94. The van der Waals surface area contributed by atoms with Gasteiger partial charge in [-0.1, -0.05) is 12.1 Å². The van der Waals surface area contributed by atoms with E-state index in [1.54, 1.807) is 29.0 Å². The molecule has 1 unspecified atom stereocenters. The molecule has 1 aromatic rings. The number of urea groups is 1. The lowest BCUT2D eigenvalue weighted by molar-refractivity contribution is -0.928. The summed E-state index contributed by atoms with van der Waals surface area (Å²) in [4.78, 5) is 41.4. The van der Waals surface area contributed by atoms with Gasteiger partial charge in [-0.15, -0.1) is 0 Å². The van der Waals surface area contributed by atoms with Crippen LogP contribution in [0.15, 0.2) is 35.5 Å². The normalized spacial score (nSPS) is 26.2. The van der Waals surface area contributed by atoms with Crippen molar-refractivity contribution in [2.45, 2.75) is 44.7 Å². The molecule has 0 bridgehead atoms. The maximum atomic E-state index is 13.3. The fourth-order valence-electron chi connectivity index (χ4n) is 4.99. The molecule has 1 fully saturated rings. The topological polar surface area (TPSA) is 100 Å². The molecule has 3 atom stereocenters. The first kappa shape index (κ1) is 21.3. The number of benzene rings is 1. The largest absolute Gasteiger partial charge is 0.333 e. The third-order valence-corrected chi connectivity index (χ3v) is 6.86. The van der Waals surface area contributed by atoms with Crippen molar-refractivity contribution in [1.82, 2.24) is 15.1 Å². The van der Waals surface area contributed by atoms with E-state index in [2.05, 4.69) is 12.2 Å². The van der Waals surface area contributed by atoms with Gasteiger partial charge in [0.25, 0.3) is 11.6 Å². The van der Waals surface area contributed by atoms with Gasteiger partial charge >= 0.3 is 6.03 Å². The highest BCUT2D eigenvalue weighted by Crippen LogP contribution is 2.36. The van der Waals surface area contributed by atoms with Crippen molar-refractivity contribution in [3.63, 3.8) is 0 Å². The van der Waals surface area contributed by atoms with Gasteiger partial charge < -0.3 is 15.1 Å². The van der Waals surface area contributed by atoms with Crippen molar-refractivity contribution in [2.75, 3.05) is 33.2 Å². The van der Waals surface area contributed by atoms with Gasteiger partial charge in [0, 0.05) is 32.1 Å². The summed E-state index contributed by atoms with van der Waals surface area (Å²) < 4.78 is 0. The molecule has 0 aromatic heterocycles. The zero-order valence-corrected chi connectivity index (χ0v) is 18.1. The summed E-state index contributed by atoms with van der Waals surface area (Å²) in [6, 6.07) is 5.81. The van der Waals surface area contributed by atoms with Gasteiger partial charge in [0.1, 0.15) is 0 Å². The van der Waals surface area contributed by atoms with Crippen LogP contribution in [0.2, 0.25) is 0 Å². The number of piperidine rings is 1. The predicted molar refractivity (Wildman–Crippen MR) is 114 cm³/mol. The Morgan fingerprint density at radius 2 is 2.10 bits per heavy atom. The number of quaternary nitrogens is 1. The number of rotatable bonds is 6. The number of likely N-dealkylation sites (tertiary alicyclic amines) is 1. The molecule has 3 aliphatic heterocycles. The molecule has 0 spiro atoms. The lowest BCUT2D eigenvalue weighted by Gasteiger charge is -2.31. The van der Waals surface area contributed by atoms with Crippen LogP contribution >= 0.6 is 0 Å². The highest BCUT2D eigenvalue weighted by Gasteiger charge is 2.43. The molecule has 1 aromatic carbocycles. The molecule has 9 heteroatoms. The van der Waals surface area contributed by atoms with Crippen LogP contribution in [0.4, 0.5) is 10.5 Å². The third kappa shape index (κ3) is 4.14. The number of amides is 3. The second kappa shape index (κ2) is 8.66. The quantitative estimate of drug-likeness (QED) is 0.526. The van der Waals surface area contributed by atoms with Crippen LogP contribution in [-0.4, -0.2) is 65.9 Å². The van der Waals surface area contributed by atoms with E-state index >= 15 is 0 Å². The first-order chi connectivity index (χ1) is 14.9. The van der Waals surface area contributed by atoms with Gasteiger partial charge in [0.2, 0.25) is 0 Å². The van der Waals surface area contributed by atoms with Crippen LogP contribution in [0.25, 0.3) is 0 Å². The van der Waals surface area contributed by atoms with Crippen molar-refractivity contribution >= 4 is 17.6 Å². The van der Waals surface area contributed by atoms with Crippen LogP contribution in [0.1, 0.15) is 44.2 Å². The van der Waals surface area contributed by atoms with Gasteiger partial charge in [-0.25, -0.2) is 4.79 Å². The molecule has 3 amide bonds. The van der Waals surface area contributed by atoms with Gasteiger partial charge in [0.05, 0.1) is 47.9 Å². The van der Waals surface area contributed by atoms with Gasteiger partial charge in [-0.05, 0) is 31.7 Å². The molecular weight excluding hydrogens is 398 g/mol. The average molecular weight is 429 g/mol. The summed E-state index contributed by atoms with van der Waals surface area (Å²) in [5.74, 6) is -0.0972. The molecule has 1 saturated heterocycles. The molecule has 3 heterocycles. The Morgan fingerprint density at radius 3 is 2.84 bits per heavy atom. The van der Waals surface area contributed by atoms with Crippen LogP contribution in [-0.2, 0) is 4.79 Å². The number of likely N-dealkylation sites (N-methyl/N-ethyl adjacent to an activating group) is 1. The number of non-ortho nitro benzene ring substituents is 1. The van der Waals surface area contributed by atoms with E-state index < -0.39 is 11.0 Å². The number of carbonyl (C=O) groups is 2. The Bertz CT molecular complexity index is 930. The van der Waals surface area contributed by atoms with E-state index in [4.69, 9.17) is 0 Å². The number of nitro groups is 1. The number of hydrogen-bond acceptors (Lipinski definition) is 4. The monoisotopic (exact) mass is 428 g/mol. The Morgan fingerprint density at radius 1 is 1.29 bits per heavy atom. The van der Waals surface area contributed by atoms with Crippen molar-refractivity contribution in [2.24, 2.45) is 0 Å². The summed E-state index contributed by atoms with van der Waals surface area (Å²) in [6.45, 7) is 5.57. The van der Waals surface area contributed by atoms with E-state index in [9.17, 15) is 19.7 Å². The maximum absolute atomic E-state index is 13.3. The number of hydrogen-bond donors (Lipinski definition) is 2. The molecule has 2 N–H and O–H groups in total. The molecule has 166 valence electrons. The van der Waals surface area contributed by atoms with Gasteiger partial charge in [-0.2, -0.15) is 0 Å². The zero-order chi connectivity index (χ0) is 22.1. The summed E-state index contributed by atoms with van der Waals surface area (Å²) >= 11 is 0. The molecule has 0 saturated carbocycles. The van der Waals surface area contributed by atoms with E-state index in [1.807, 2.05) is 0 Å². The van der Waals surface area contributed by atoms with E-state index in [1.165, 1.54) is 42.8 Å². The molecule has 3 aliphatic rings. The highest BCUT2D eigenvalue weighted by molar-refractivity contribution is 6.01. The second-order valence-corrected chi connectivity index (χ2v) is 8.79. The molecule has 9 nitrogen and oxygen atoms in total. The standard InChI is InChI=1S/C22H29N5O4/c1-15-7-3-4-10-25(15)11-6-12-26-14-18-19(21(26)28)20(23-22(29)24(18)2)16-8-5-9-17(13-16)27(30)31/h5,8-9,13,15,20H,3-4,6-7,10-12,14H2,1-2H3,(H,23,29)/p+1/t15-,20+/m1/s1. The lowest BCUT2D eigenvalue weighted by atomic mass is 9.95. The highest BCUT2D eigenvalue weighted by atomic mass is 16.6. The van der Waals surface area contributed by atoms with Crippen LogP contribution < -0.4 is 10.2 Å². The van der Waals surface area contributed by atoms with E-state index in [0.717, 1.165) is 13.0 Å². The molecule has 31 heavy (non-hydrogen) atoms. The van der Waals surface area contributed by atoms with E-state index in [-0.39, 0.29) is 17.6 Å². The van der Waals surface area contributed by atoms with Crippen molar-refractivity contribution in [3.05, 3.63) is 51.2 Å². The first-order valence-corrected chi connectivity index (χ1v) is 11.0. The Labute approximate surface area is 181 Å². The second-order valence-electron chi connectivity index (χ2n) is 8.79. The maximum Gasteiger partial charge on any atom is 0.322 e. The van der Waals surface area contributed by atoms with Crippen molar-refractivity contribution in [1.29, 1.82) is 0 Å². The van der Waals surface area contributed by atoms with Crippen LogP contribution in [0, 0.1) is 10.1 Å². The van der Waals surface area contributed by atoms with Crippen LogP contribution in [0.3, 0.4) is 0 Å². The summed E-state index contributed by atoms with van der Waals surface area (Å²) in [6.07, 6.45) is 4.75. The summed E-state index contributed by atoms with van der Waals surface area (Å²) in [7, 11) is 1.66. The zero-order valence-electron chi connectivity index (χ0n) is 18.1. The average Bonchev–Trinajstić information content (AvgIpc) is 3.09. The van der Waals surface area contributed by atoms with E-state index in [0.29, 0.717) is 36.0 Å². The predicted octanol–water partition coefficient (Wildman–Crippen LogP) is 1.23. The SMILES string of the molecule is C[C@@H]1CCCC[NH+]1CCCN1CC2=C(C1=O)[C@H](c1cccc([N+](=O)[O-])c1)NC(=O)N2C. The minimum absolute atomic E-state index is 0.0613. The number of nitro benzene ring substituents is 1. The van der Waals surface area contributed by atoms with Gasteiger partial charge in [0.15, 0.2) is 0 Å². The van der Waals surface area contributed by atoms with Crippen LogP contribution in [0.5, 0.6) is 0 Å². The third-order valence-electron chi connectivity index (χ3n) is 6.86. The smallest absolute Gasteiger partial charge is 0.322 e. The number of nitrogens with one attached hydrogen (secondary N) is 2. The Balaban J connectivity index is 1.50. The first-order valence-electron chi connectivity index (χ1n) is 11.0. The van der Waals surface area contributed by atoms with Crippen molar-refractivity contribution < 1.29 is 19.4 Å². The summed E-state index contributed by atoms with van der Waals surface area (Å²) in [5, 5.41) is 14.0. The number of nitrogens with zero attached hydrogens (tertiary/aromatic N) is 3. The molecule has 0 radical (unpaired) electrons. The minimum atomic E-state index is -0.677. The summed E-state index contributed by atoms with van der Waals surface area (Å²) in [5.41, 5.74) is 1.68. The molecular formula is C22H30N5O4+. The Kier molecular flexibility index (Phi) is 5.95. The fourth-order valence-corrected chi connectivity index (χ4v) is 4.99. The number of carbonyl (C=O) groups excluding carboxylic acids is 2. The molecule has 4 rings (SSSR count). The van der Waals surface area contributed by atoms with Gasteiger partial charge in [-0.3, -0.25) is 19.8 Å². The lowest BCUT2D eigenvalue weighted by Crippen LogP contribution is -3.16. The van der Waals surface area contributed by atoms with Crippen molar-refractivity contribution in [3.8, 4) is 0 Å². The fraction of sp³-hybridized carbons (Fsp3) is 0.545. The molecule has 0 aliphatic carbocycles. The minimum Gasteiger partial charge on any atom is -0.333 e.